The maximum Gasteiger partial charge on any atom is 0.259 e. The number of carbonyl (C=O) groups is 3. The van der Waals surface area contributed by atoms with Gasteiger partial charge in [0.25, 0.3) is 5.91 Å². The van der Waals surface area contributed by atoms with Crippen LogP contribution in [0.1, 0.15) is 36.8 Å². The average molecular weight is 415 g/mol. The summed E-state index contributed by atoms with van der Waals surface area (Å²) in [5.74, 6) is -0.882. The van der Waals surface area contributed by atoms with Crippen LogP contribution in [0.2, 0.25) is 0 Å². The Bertz CT molecular complexity index is 802. The molecular formula is C21H29N5O4. The van der Waals surface area contributed by atoms with Gasteiger partial charge in [-0.05, 0) is 43.4 Å². The van der Waals surface area contributed by atoms with Crippen LogP contribution in [0.15, 0.2) is 29.3 Å². The number of aliphatic imine (C=N–C) groups is 1. The number of hydrogen-bond donors (Lipinski definition) is 3. The van der Waals surface area contributed by atoms with Crippen LogP contribution in [-0.2, 0) is 32.1 Å². The second-order valence-electron chi connectivity index (χ2n) is 7.62. The van der Waals surface area contributed by atoms with Crippen LogP contribution in [0.25, 0.3) is 0 Å². The Balaban J connectivity index is 1.77. The topological polar surface area (TPSA) is 140 Å². The predicted molar refractivity (Wildman–Crippen MR) is 111 cm³/mol. The van der Waals surface area contributed by atoms with E-state index in [-0.39, 0.29) is 18.3 Å². The minimum absolute atomic E-state index is 0.0360. The minimum Gasteiger partial charge on any atom is -0.370 e. The van der Waals surface area contributed by atoms with E-state index in [1.807, 2.05) is 24.3 Å². The first-order valence-corrected chi connectivity index (χ1v) is 10.3. The Morgan fingerprint density at radius 2 is 2.03 bits per heavy atom. The smallest absolute Gasteiger partial charge is 0.259 e. The van der Waals surface area contributed by atoms with Crippen molar-refractivity contribution in [3.63, 3.8) is 0 Å². The monoisotopic (exact) mass is 415 g/mol. The number of benzene rings is 1. The van der Waals surface area contributed by atoms with E-state index in [1.54, 1.807) is 0 Å². The third-order valence-corrected chi connectivity index (χ3v) is 5.51. The minimum atomic E-state index is -0.887. The largest absolute Gasteiger partial charge is 0.370 e. The molecule has 1 unspecified atom stereocenters. The van der Waals surface area contributed by atoms with Crippen LogP contribution in [0.5, 0.6) is 0 Å². The molecule has 1 fully saturated rings. The van der Waals surface area contributed by atoms with Gasteiger partial charge in [0.1, 0.15) is 12.4 Å². The number of nitrogens with one attached hydrogen (secondary N) is 1. The van der Waals surface area contributed by atoms with Gasteiger partial charge >= 0.3 is 0 Å². The third-order valence-electron chi connectivity index (χ3n) is 5.51. The summed E-state index contributed by atoms with van der Waals surface area (Å²) in [6.45, 7) is 1.33. The van der Waals surface area contributed by atoms with Crippen molar-refractivity contribution in [2.45, 2.75) is 56.9 Å². The molecule has 2 aliphatic heterocycles. The molecule has 30 heavy (non-hydrogen) atoms. The third kappa shape index (κ3) is 5.22. The predicted octanol–water partition coefficient (Wildman–Crippen LogP) is -0.144. The number of imide groups is 1. The van der Waals surface area contributed by atoms with E-state index >= 15 is 0 Å². The van der Waals surface area contributed by atoms with Gasteiger partial charge < -0.3 is 26.3 Å². The highest BCUT2D eigenvalue weighted by Crippen LogP contribution is 2.23. The van der Waals surface area contributed by atoms with E-state index in [0.717, 1.165) is 22.4 Å². The molecule has 1 saturated heterocycles. The van der Waals surface area contributed by atoms with Gasteiger partial charge in [-0.3, -0.25) is 19.5 Å². The second kappa shape index (κ2) is 10.3. The van der Waals surface area contributed by atoms with Crippen LogP contribution in [-0.4, -0.2) is 60.2 Å². The molecule has 9 heteroatoms. The summed E-state index contributed by atoms with van der Waals surface area (Å²) < 4.78 is 5.78. The molecule has 0 radical (unpaired) electrons. The van der Waals surface area contributed by atoms with Gasteiger partial charge in [-0.15, -0.1) is 0 Å². The van der Waals surface area contributed by atoms with Crippen molar-refractivity contribution in [1.82, 2.24) is 10.2 Å². The molecule has 3 rings (SSSR count). The van der Waals surface area contributed by atoms with Gasteiger partial charge in [0.15, 0.2) is 5.96 Å². The van der Waals surface area contributed by atoms with Crippen LogP contribution in [0.3, 0.4) is 0 Å². The first-order valence-electron chi connectivity index (χ1n) is 10.3. The molecule has 1 aromatic carbocycles. The summed E-state index contributed by atoms with van der Waals surface area (Å²) in [6.07, 6.45) is 2.45. The Morgan fingerprint density at radius 3 is 2.70 bits per heavy atom. The zero-order chi connectivity index (χ0) is 21.5. The van der Waals surface area contributed by atoms with Gasteiger partial charge in [0.2, 0.25) is 5.91 Å². The molecule has 2 amide bonds. The normalized spacial score (nSPS) is 21.3. The highest BCUT2D eigenvalue weighted by Gasteiger charge is 2.39. The van der Waals surface area contributed by atoms with Crippen molar-refractivity contribution in [1.29, 1.82) is 0 Å². The molecule has 162 valence electrons. The number of nitrogens with two attached hydrogens (primary N) is 2. The molecule has 3 atom stereocenters. The number of guanidine groups is 1. The Morgan fingerprint density at radius 1 is 1.27 bits per heavy atom. The van der Waals surface area contributed by atoms with E-state index in [2.05, 4.69) is 10.3 Å². The lowest BCUT2D eigenvalue weighted by Gasteiger charge is -2.33. The molecule has 9 nitrogen and oxygen atoms in total. The number of rotatable bonds is 8. The molecule has 0 aliphatic carbocycles. The first kappa shape index (κ1) is 21.9. The fraction of sp³-hybridized carbons (Fsp3) is 0.524. The highest BCUT2D eigenvalue weighted by molar-refractivity contribution is 6.02. The van der Waals surface area contributed by atoms with Gasteiger partial charge in [-0.1, -0.05) is 24.3 Å². The lowest BCUT2D eigenvalue weighted by molar-refractivity contribution is -0.159. The number of aldehydes is 1. The van der Waals surface area contributed by atoms with Crippen LogP contribution >= 0.6 is 0 Å². The van der Waals surface area contributed by atoms with E-state index in [1.165, 1.54) is 0 Å². The zero-order valence-corrected chi connectivity index (χ0v) is 17.0. The lowest BCUT2D eigenvalue weighted by atomic mass is 9.97. The summed E-state index contributed by atoms with van der Waals surface area (Å²) in [4.78, 5) is 43.4. The fourth-order valence-corrected chi connectivity index (χ4v) is 3.93. The molecule has 0 saturated carbocycles. The zero-order valence-electron chi connectivity index (χ0n) is 17.0. The molecule has 0 aromatic heterocycles. The summed E-state index contributed by atoms with van der Waals surface area (Å²) in [7, 11) is 0. The maximum absolute atomic E-state index is 13.4. The Hall–Kier alpha value is -2.78. The molecular weight excluding hydrogens is 386 g/mol. The summed E-state index contributed by atoms with van der Waals surface area (Å²) in [5.41, 5.74) is 12.7. The van der Waals surface area contributed by atoms with Crippen LogP contribution in [0.4, 0.5) is 0 Å². The fourth-order valence-electron chi connectivity index (χ4n) is 3.93. The number of fused-ring (bicyclic) bond motifs is 1. The van der Waals surface area contributed by atoms with Crippen molar-refractivity contribution < 1.29 is 19.1 Å². The van der Waals surface area contributed by atoms with Crippen molar-refractivity contribution in [3.05, 3.63) is 35.4 Å². The Labute approximate surface area is 175 Å². The van der Waals surface area contributed by atoms with E-state index in [0.29, 0.717) is 45.2 Å². The average Bonchev–Trinajstić information content (AvgIpc) is 3.29. The number of amides is 2. The molecule has 1 aromatic rings. The SMILES string of the molecule is NC(N)=NCCC[C@@H](C=O)N(C(=O)C1Cc2ccccc2CO1)C(=O)[C@@H]1CCCN1. The van der Waals surface area contributed by atoms with Crippen LogP contribution in [0, 0.1) is 0 Å². The second-order valence-corrected chi connectivity index (χ2v) is 7.62. The van der Waals surface area contributed by atoms with Crippen molar-refractivity contribution >= 4 is 24.1 Å². The highest BCUT2D eigenvalue weighted by atomic mass is 16.5. The number of carbonyl (C=O) groups excluding carboxylic acids is 3. The summed E-state index contributed by atoms with van der Waals surface area (Å²) in [5, 5.41) is 3.12. The van der Waals surface area contributed by atoms with Crippen molar-refractivity contribution in [2.75, 3.05) is 13.1 Å². The van der Waals surface area contributed by atoms with Gasteiger partial charge in [0, 0.05) is 13.0 Å². The molecule has 5 N–H and O–H groups in total. The van der Waals surface area contributed by atoms with E-state index in [4.69, 9.17) is 16.2 Å². The van der Waals surface area contributed by atoms with Gasteiger partial charge in [0.05, 0.1) is 18.7 Å². The van der Waals surface area contributed by atoms with Crippen molar-refractivity contribution in [2.24, 2.45) is 16.5 Å². The van der Waals surface area contributed by atoms with Crippen molar-refractivity contribution in [3.8, 4) is 0 Å². The lowest BCUT2D eigenvalue weighted by Crippen LogP contribution is -2.56. The van der Waals surface area contributed by atoms with E-state index < -0.39 is 24.1 Å². The van der Waals surface area contributed by atoms with E-state index in [9.17, 15) is 14.4 Å². The molecule has 0 bridgehead atoms. The number of ether oxygens (including phenoxy) is 1. The molecule has 0 spiro atoms. The van der Waals surface area contributed by atoms with Gasteiger partial charge in [-0.2, -0.15) is 0 Å². The molecule has 2 heterocycles. The Kier molecular flexibility index (Phi) is 7.53. The standard InChI is InChI=1S/C21H29N5O4/c22-21(23)25-10-3-7-16(12-27)26(19(28)17-8-4-9-24-17)20(29)18-11-14-5-1-2-6-15(14)13-30-18/h1-2,5-6,12,16-18,24H,3-4,7-11,13H2,(H4,22,23,25)/t16-,17-,18?/m0/s1. The summed E-state index contributed by atoms with van der Waals surface area (Å²) >= 11 is 0. The molecule has 2 aliphatic rings. The maximum atomic E-state index is 13.4. The van der Waals surface area contributed by atoms with Gasteiger partial charge in [-0.25, -0.2) is 0 Å². The summed E-state index contributed by atoms with van der Waals surface area (Å²) in [6, 6.07) is 6.39. The quantitative estimate of drug-likeness (QED) is 0.176. The first-order chi connectivity index (χ1) is 14.5. The number of nitrogens with zero attached hydrogens (tertiary/aromatic N) is 2. The van der Waals surface area contributed by atoms with Crippen LogP contribution < -0.4 is 16.8 Å². The number of hydrogen-bond acceptors (Lipinski definition) is 6.